The molecule has 1 aliphatic rings. The molecule has 1 unspecified atom stereocenters. The van der Waals surface area contributed by atoms with Crippen LogP contribution in [0.5, 0.6) is 0 Å². The van der Waals surface area contributed by atoms with Crippen LogP contribution in [0.25, 0.3) is 10.9 Å². The third-order valence-electron chi connectivity index (χ3n) is 4.84. The second kappa shape index (κ2) is 5.57. The number of hydrogen-bond acceptors (Lipinski definition) is 1. The van der Waals surface area contributed by atoms with Crippen LogP contribution in [-0.2, 0) is 0 Å². The van der Waals surface area contributed by atoms with Crippen molar-refractivity contribution < 1.29 is 4.39 Å². The van der Waals surface area contributed by atoms with Gasteiger partial charge >= 0.3 is 0 Å². The number of aryl methyl sites for hydroxylation is 1. The van der Waals surface area contributed by atoms with Gasteiger partial charge in [-0.15, -0.1) is 0 Å². The number of rotatable bonds is 3. The Balaban J connectivity index is 2.06. The van der Waals surface area contributed by atoms with E-state index < -0.39 is 0 Å². The molecule has 2 aromatic rings. The summed E-state index contributed by atoms with van der Waals surface area (Å²) < 4.78 is 13.6. The summed E-state index contributed by atoms with van der Waals surface area (Å²) in [5.41, 5.74) is 9.50. The normalized spacial score (nSPS) is 18.6. The molecule has 2 nitrogen and oxygen atoms in total. The standard InChI is InChI=1S/C17H23FN2/c1-11-17(14-9-13(18)7-8-16(14)20-11)15(10-19)12-5-3-2-4-6-12/h7-9,12,15,20H,2-6,10,19H2,1H3. The van der Waals surface area contributed by atoms with Gasteiger partial charge in [-0.05, 0) is 56.0 Å². The van der Waals surface area contributed by atoms with Gasteiger partial charge in [0, 0.05) is 22.5 Å². The summed E-state index contributed by atoms with van der Waals surface area (Å²) in [4.78, 5) is 3.39. The SMILES string of the molecule is Cc1[nH]c2ccc(F)cc2c1C(CN)C1CCCCC1. The molecule has 1 heterocycles. The molecule has 3 heteroatoms. The highest BCUT2D eigenvalue weighted by molar-refractivity contribution is 5.85. The minimum absolute atomic E-state index is 0.169. The molecule has 108 valence electrons. The van der Waals surface area contributed by atoms with E-state index in [-0.39, 0.29) is 5.82 Å². The fraction of sp³-hybridized carbons (Fsp3) is 0.529. The molecule has 0 aliphatic heterocycles. The lowest BCUT2D eigenvalue weighted by atomic mass is 9.76. The number of nitrogens with one attached hydrogen (secondary N) is 1. The van der Waals surface area contributed by atoms with Crippen LogP contribution < -0.4 is 5.73 Å². The Labute approximate surface area is 119 Å². The highest BCUT2D eigenvalue weighted by Crippen LogP contribution is 2.39. The van der Waals surface area contributed by atoms with E-state index in [4.69, 9.17) is 5.73 Å². The number of aromatic nitrogens is 1. The third kappa shape index (κ3) is 2.35. The lowest BCUT2D eigenvalue weighted by Crippen LogP contribution is -2.24. The Morgan fingerprint density at radius 2 is 2.05 bits per heavy atom. The highest BCUT2D eigenvalue weighted by atomic mass is 19.1. The van der Waals surface area contributed by atoms with Gasteiger partial charge in [0.05, 0.1) is 0 Å². The molecular formula is C17H23FN2. The largest absolute Gasteiger partial charge is 0.358 e. The van der Waals surface area contributed by atoms with Crippen molar-refractivity contribution in [2.75, 3.05) is 6.54 Å². The van der Waals surface area contributed by atoms with Gasteiger partial charge in [0.2, 0.25) is 0 Å². The van der Waals surface area contributed by atoms with Gasteiger partial charge in [-0.1, -0.05) is 19.3 Å². The van der Waals surface area contributed by atoms with E-state index in [9.17, 15) is 4.39 Å². The summed E-state index contributed by atoms with van der Waals surface area (Å²) in [7, 11) is 0. The maximum atomic E-state index is 13.6. The van der Waals surface area contributed by atoms with Crippen molar-refractivity contribution >= 4 is 10.9 Å². The predicted octanol–water partition coefficient (Wildman–Crippen LogP) is 4.24. The van der Waals surface area contributed by atoms with Gasteiger partial charge < -0.3 is 10.7 Å². The fourth-order valence-electron chi connectivity index (χ4n) is 3.88. The molecular weight excluding hydrogens is 251 g/mol. The van der Waals surface area contributed by atoms with Crippen LogP contribution in [0.4, 0.5) is 4.39 Å². The average Bonchev–Trinajstić information content (AvgIpc) is 2.77. The van der Waals surface area contributed by atoms with Crippen molar-refractivity contribution in [2.45, 2.75) is 44.9 Å². The fourth-order valence-corrected chi connectivity index (χ4v) is 3.88. The van der Waals surface area contributed by atoms with E-state index in [2.05, 4.69) is 11.9 Å². The van der Waals surface area contributed by atoms with Crippen LogP contribution in [-0.4, -0.2) is 11.5 Å². The maximum absolute atomic E-state index is 13.6. The van der Waals surface area contributed by atoms with Gasteiger partial charge in [-0.25, -0.2) is 4.39 Å². The van der Waals surface area contributed by atoms with E-state index in [1.165, 1.54) is 43.7 Å². The summed E-state index contributed by atoms with van der Waals surface area (Å²) in [5.74, 6) is 0.831. The number of hydrogen-bond donors (Lipinski definition) is 2. The highest BCUT2D eigenvalue weighted by Gasteiger charge is 2.27. The minimum Gasteiger partial charge on any atom is -0.358 e. The van der Waals surface area contributed by atoms with Gasteiger partial charge in [0.15, 0.2) is 0 Å². The van der Waals surface area contributed by atoms with Crippen LogP contribution >= 0.6 is 0 Å². The monoisotopic (exact) mass is 274 g/mol. The molecule has 0 radical (unpaired) electrons. The first-order valence-electron chi connectivity index (χ1n) is 7.68. The summed E-state index contributed by atoms with van der Waals surface area (Å²) in [6.07, 6.45) is 6.45. The molecule has 1 saturated carbocycles. The van der Waals surface area contributed by atoms with Crippen LogP contribution in [0, 0.1) is 18.7 Å². The Morgan fingerprint density at radius 1 is 1.30 bits per heavy atom. The molecule has 1 aromatic heterocycles. The molecule has 0 bridgehead atoms. The van der Waals surface area contributed by atoms with Gasteiger partial charge in [0.25, 0.3) is 0 Å². The number of aromatic amines is 1. The molecule has 0 amide bonds. The van der Waals surface area contributed by atoms with Crippen molar-refractivity contribution in [3.8, 4) is 0 Å². The summed E-state index contributed by atoms with van der Waals surface area (Å²) >= 11 is 0. The van der Waals surface area contributed by atoms with Crippen molar-refractivity contribution in [1.82, 2.24) is 4.98 Å². The first-order valence-corrected chi connectivity index (χ1v) is 7.68. The van der Waals surface area contributed by atoms with Crippen LogP contribution in [0.3, 0.4) is 0 Å². The Morgan fingerprint density at radius 3 is 2.75 bits per heavy atom. The van der Waals surface area contributed by atoms with Crippen LogP contribution in [0.2, 0.25) is 0 Å². The van der Waals surface area contributed by atoms with E-state index in [1.54, 1.807) is 6.07 Å². The minimum atomic E-state index is -0.169. The number of nitrogens with two attached hydrogens (primary N) is 1. The molecule has 1 aliphatic carbocycles. The number of halogens is 1. The second-order valence-corrected chi connectivity index (χ2v) is 6.09. The average molecular weight is 274 g/mol. The Kier molecular flexibility index (Phi) is 3.79. The van der Waals surface area contributed by atoms with E-state index in [0.29, 0.717) is 18.4 Å². The molecule has 1 aromatic carbocycles. The molecule has 20 heavy (non-hydrogen) atoms. The predicted molar refractivity (Wildman–Crippen MR) is 81.4 cm³/mol. The van der Waals surface area contributed by atoms with Gasteiger partial charge in [-0.2, -0.15) is 0 Å². The summed E-state index contributed by atoms with van der Waals surface area (Å²) in [5, 5.41) is 1.02. The number of benzene rings is 1. The number of H-pyrrole nitrogens is 1. The first kappa shape index (κ1) is 13.6. The zero-order valence-corrected chi connectivity index (χ0v) is 12.1. The Bertz CT molecular complexity index is 596. The van der Waals surface area contributed by atoms with Gasteiger partial charge in [0.1, 0.15) is 5.82 Å². The topological polar surface area (TPSA) is 41.8 Å². The zero-order valence-electron chi connectivity index (χ0n) is 12.1. The lowest BCUT2D eigenvalue weighted by Gasteiger charge is -2.30. The Hall–Kier alpha value is -1.35. The molecule has 3 rings (SSSR count). The first-order chi connectivity index (χ1) is 9.70. The van der Waals surface area contributed by atoms with E-state index in [1.807, 2.05) is 6.07 Å². The molecule has 0 spiro atoms. The smallest absolute Gasteiger partial charge is 0.123 e. The summed E-state index contributed by atoms with van der Waals surface area (Å²) in [6, 6.07) is 5.00. The van der Waals surface area contributed by atoms with E-state index in [0.717, 1.165) is 16.6 Å². The van der Waals surface area contributed by atoms with Crippen molar-refractivity contribution in [2.24, 2.45) is 11.7 Å². The lowest BCUT2D eigenvalue weighted by molar-refractivity contribution is 0.308. The molecule has 0 saturated heterocycles. The maximum Gasteiger partial charge on any atom is 0.123 e. The number of fused-ring (bicyclic) bond motifs is 1. The zero-order chi connectivity index (χ0) is 14.1. The molecule has 1 fully saturated rings. The van der Waals surface area contributed by atoms with Crippen molar-refractivity contribution in [3.63, 3.8) is 0 Å². The molecule has 1 atom stereocenters. The van der Waals surface area contributed by atoms with Crippen LogP contribution in [0.1, 0.15) is 49.3 Å². The van der Waals surface area contributed by atoms with Crippen molar-refractivity contribution in [3.05, 3.63) is 35.3 Å². The molecule has 3 N–H and O–H groups in total. The quantitative estimate of drug-likeness (QED) is 0.863. The van der Waals surface area contributed by atoms with Crippen molar-refractivity contribution in [1.29, 1.82) is 0 Å². The second-order valence-electron chi connectivity index (χ2n) is 6.09. The summed E-state index contributed by atoms with van der Waals surface area (Å²) in [6.45, 7) is 2.73. The van der Waals surface area contributed by atoms with E-state index >= 15 is 0 Å². The van der Waals surface area contributed by atoms with Gasteiger partial charge in [-0.3, -0.25) is 0 Å². The van der Waals surface area contributed by atoms with Crippen LogP contribution in [0.15, 0.2) is 18.2 Å². The third-order valence-corrected chi connectivity index (χ3v) is 4.84.